The maximum absolute atomic E-state index is 3.54. The highest BCUT2D eigenvalue weighted by Gasteiger charge is 2.17. The highest BCUT2D eigenvalue weighted by atomic mass is 15.2. The van der Waals surface area contributed by atoms with Crippen LogP contribution in [0.2, 0.25) is 0 Å². The van der Waals surface area contributed by atoms with Crippen LogP contribution in [0.5, 0.6) is 0 Å². The van der Waals surface area contributed by atoms with E-state index >= 15 is 0 Å². The quantitative estimate of drug-likeness (QED) is 0.181. The Labute approximate surface area is 158 Å². The topological polar surface area (TPSA) is 15.0 Å². The molecule has 1 heterocycles. The number of allylic oxidation sites excluding steroid dienone is 2. The highest BCUT2D eigenvalue weighted by Crippen LogP contribution is 2.11. The largest absolute Gasteiger partial charge is 0.274 e. The Kier molecular flexibility index (Phi) is 14.8. The van der Waals surface area contributed by atoms with Gasteiger partial charge < -0.3 is 0 Å². The van der Waals surface area contributed by atoms with Gasteiger partial charge in [-0.15, -0.1) is 0 Å². The van der Waals surface area contributed by atoms with Crippen LogP contribution in [-0.2, 0) is 0 Å². The van der Waals surface area contributed by atoms with Crippen LogP contribution in [0.3, 0.4) is 0 Å². The Hall–Kier alpha value is -0.790. The molecule has 0 saturated heterocycles. The van der Waals surface area contributed by atoms with Crippen molar-refractivity contribution in [2.24, 2.45) is 0 Å². The van der Waals surface area contributed by atoms with Crippen molar-refractivity contribution < 1.29 is 4.58 Å². The van der Waals surface area contributed by atoms with Crippen LogP contribution < -0.4 is 5.32 Å². The Bertz CT molecular complexity index is 357. The van der Waals surface area contributed by atoms with Crippen molar-refractivity contribution in [3.63, 3.8) is 0 Å². The SMILES string of the molecule is CCCCCCCCC=CCCCCCCCCC1=[N+](CC)CCN1. The predicted octanol–water partition coefficient (Wildman–Crippen LogP) is 6.45. The lowest BCUT2D eigenvalue weighted by molar-refractivity contribution is -0.515. The van der Waals surface area contributed by atoms with Gasteiger partial charge in [0.2, 0.25) is 5.84 Å². The zero-order valence-corrected chi connectivity index (χ0v) is 17.3. The monoisotopic (exact) mass is 349 g/mol. The zero-order valence-electron chi connectivity index (χ0n) is 17.3. The highest BCUT2D eigenvalue weighted by molar-refractivity contribution is 5.78. The predicted molar refractivity (Wildman–Crippen MR) is 113 cm³/mol. The lowest BCUT2D eigenvalue weighted by Crippen LogP contribution is -2.22. The molecule has 0 fully saturated rings. The molecule has 1 aliphatic rings. The van der Waals surface area contributed by atoms with E-state index in [-0.39, 0.29) is 0 Å². The van der Waals surface area contributed by atoms with E-state index in [0.29, 0.717) is 0 Å². The molecular weight excluding hydrogens is 304 g/mol. The fourth-order valence-corrected chi connectivity index (χ4v) is 3.72. The van der Waals surface area contributed by atoms with E-state index in [1.54, 1.807) is 0 Å². The van der Waals surface area contributed by atoms with Crippen molar-refractivity contribution in [2.75, 3.05) is 19.6 Å². The molecule has 0 unspecified atom stereocenters. The van der Waals surface area contributed by atoms with E-state index in [1.807, 2.05) is 0 Å². The minimum atomic E-state index is 1.15. The molecular formula is C23H45N2+. The first-order chi connectivity index (χ1) is 12.4. The summed E-state index contributed by atoms with van der Waals surface area (Å²) in [7, 11) is 0. The molecule has 0 atom stereocenters. The summed E-state index contributed by atoms with van der Waals surface area (Å²) in [6.45, 7) is 8.06. The van der Waals surface area contributed by atoms with Crippen LogP contribution in [-0.4, -0.2) is 30.0 Å². The molecule has 0 aromatic carbocycles. The van der Waals surface area contributed by atoms with Gasteiger partial charge in [0.25, 0.3) is 0 Å². The van der Waals surface area contributed by atoms with Gasteiger partial charge in [0, 0.05) is 6.42 Å². The lowest BCUT2D eigenvalue weighted by atomic mass is 10.1. The van der Waals surface area contributed by atoms with Gasteiger partial charge in [-0.1, -0.05) is 76.9 Å². The van der Waals surface area contributed by atoms with Crippen LogP contribution in [0.4, 0.5) is 0 Å². The van der Waals surface area contributed by atoms with Gasteiger partial charge in [-0.05, 0) is 39.0 Å². The van der Waals surface area contributed by atoms with Crippen molar-refractivity contribution in [1.82, 2.24) is 5.32 Å². The third-order valence-electron chi connectivity index (χ3n) is 5.40. The van der Waals surface area contributed by atoms with Crippen molar-refractivity contribution in [3.8, 4) is 0 Å². The fourth-order valence-electron chi connectivity index (χ4n) is 3.72. The first kappa shape index (κ1) is 22.3. The minimum absolute atomic E-state index is 1.15. The normalized spacial score (nSPS) is 14.6. The summed E-state index contributed by atoms with van der Waals surface area (Å²) >= 11 is 0. The number of nitrogens with one attached hydrogen (secondary N) is 1. The average molecular weight is 350 g/mol. The van der Waals surface area contributed by atoms with E-state index in [2.05, 4.69) is 35.9 Å². The first-order valence-electron chi connectivity index (χ1n) is 11.4. The Balaban J connectivity index is 1.79. The molecule has 2 heteroatoms. The first-order valence-corrected chi connectivity index (χ1v) is 11.4. The second-order valence-electron chi connectivity index (χ2n) is 7.64. The molecule has 0 saturated carbocycles. The summed E-state index contributed by atoms with van der Waals surface area (Å²) in [6, 6.07) is 0. The van der Waals surface area contributed by atoms with Crippen molar-refractivity contribution in [1.29, 1.82) is 0 Å². The number of rotatable bonds is 17. The maximum Gasteiger partial charge on any atom is 0.244 e. The van der Waals surface area contributed by atoms with Crippen molar-refractivity contribution >= 4 is 5.84 Å². The van der Waals surface area contributed by atoms with E-state index in [1.165, 1.54) is 109 Å². The molecule has 0 aliphatic carbocycles. The van der Waals surface area contributed by atoms with E-state index < -0.39 is 0 Å². The smallest absolute Gasteiger partial charge is 0.244 e. The number of amidine groups is 1. The third-order valence-corrected chi connectivity index (χ3v) is 5.40. The summed E-state index contributed by atoms with van der Waals surface area (Å²) in [5.74, 6) is 1.50. The van der Waals surface area contributed by atoms with Crippen LogP contribution >= 0.6 is 0 Å². The Morgan fingerprint density at radius 1 is 0.760 bits per heavy atom. The molecule has 2 nitrogen and oxygen atoms in total. The van der Waals surface area contributed by atoms with Gasteiger partial charge in [0.15, 0.2) is 0 Å². The van der Waals surface area contributed by atoms with Gasteiger partial charge in [0.05, 0.1) is 6.54 Å². The molecule has 1 rings (SSSR count). The van der Waals surface area contributed by atoms with Gasteiger partial charge in [-0.2, -0.15) is 0 Å². The molecule has 0 radical (unpaired) electrons. The van der Waals surface area contributed by atoms with Crippen LogP contribution in [0.1, 0.15) is 110 Å². The van der Waals surface area contributed by atoms with Crippen LogP contribution in [0, 0.1) is 0 Å². The maximum atomic E-state index is 3.54. The summed E-state index contributed by atoms with van der Waals surface area (Å²) in [5.41, 5.74) is 0. The molecule has 0 aromatic rings. The number of unbranched alkanes of at least 4 members (excludes halogenated alkanes) is 12. The van der Waals surface area contributed by atoms with E-state index in [0.717, 1.165) is 13.1 Å². The van der Waals surface area contributed by atoms with Gasteiger partial charge in [0.1, 0.15) is 13.1 Å². The van der Waals surface area contributed by atoms with Crippen LogP contribution in [0.25, 0.3) is 0 Å². The summed E-state index contributed by atoms with van der Waals surface area (Å²) in [5, 5.41) is 3.54. The van der Waals surface area contributed by atoms with E-state index in [4.69, 9.17) is 0 Å². The summed E-state index contributed by atoms with van der Waals surface area (Å²) in [6.07, 6.45) is 25.6. The zero-order chi connectivity index (χ0) is 18.0. The number of hydrogen-bond acceptors (Lipinski definition) is 1. The molecule has 1 N–H and O–H groups in total. The average Bonchev–Trinajstić information content (AvgIpc) is 3.09. The molecule has 25 heavy (non-hydrogen) atoms. The number of hydrogen-bond donors (Lipinski definition) is 1. The van der Waals surface area contributed by atoms with Gasteiger partial charge >= 0.3 is 0 Å². The van der Waals surface area contributed by atoms with Crippen molar-refractivity contribution in [3.05, 3.63) is 12.2 Å². The standard InChI is InChI=1S/C23H44N2/c1-3-5-6-7-8-9-10-11-12-13-14-15-16-17-18-19-20-23-24-21-22-25(23)4-2/h11-12H,3-10,13-22H2,1-2H3/p+1. The fraction of sp³-hybridized carbons (Fsp3) is 0.870. The number of likely N-dealkylation sites (N-methyl/N-ethyl adjacent to an activating group) is 1. The van der Waals surface area contributed by atoms with Crippen LogP contribution in [0.15, 0.2) is 12.2 Å². The van der Waals surface area contributed by atoms with Gasteiger partial charge in [-0.25, -0.2) is 0 Å². The van der Waals surface area contributed by atoms with Crippen molar-refractivity contribution in [2.45, 2.75) is 110 Å². The molecule has 0 aromatic heterocycles. The minimum Gasteiger partial charge on any atom is -0.274 e. The summed E-state index contributed by atoms with van der Waals surface area (Å²) in [4.78, 5) is 0. The second-order valence-corrected chi connectivity index (χ2v) is 7.64. The Morgan fingerprint density at radius 2 is 1.32 bits per heavy atom. The molecule has 0 bridgehead atoms. The molecule has 1 aliphatic heterocycles. The Morgan fingerprint density at radius 3 is 1.92 bits per heavy atom. The molecule has 0 amide bonds. The number of nitrogens with zero attached hydrogens (tertiary/aromatic N) is 1. The van der Waals surface area contributed by atoms with E-state index in [9.17, 15) is 0 Å². The van der Waals surface area contributed by atoms with Gasteiger partial charge in [-0.3, -0.25) is 9.89 Å². The lowest BCUT2D eigenvalue weighted by Gasteiger charge is -2.02. The molecule has 146 valence electrons. The molecule has 0 spiro atoms. The third kappa shape index (κ3) is 12.2. The second kappa shape index (κ2) is 16.7. The summed E-state index contributed by atoms with van der Waals surface area (Å²) < 4.78 is 2.50.